The molecule has 4 rings (SSSR count). The number of para-hydroxylation sites is 1. The van der Waals surface area contributed by atoms with E-state index in [-0.39, 0.29) is 0 Å². The Hall–Kier alpha value is -3.40. The third kappa shape index (κ3) is 3.10. The molecule has 0 bridgehead atoms. The molecule has 4 aromatic rings. The average Bonchev–Trinajstić information content (AvgIpc) is 3.09. The second kappa shape index (κ2) is 7.08. The van der Waals surface area contributed by atoms with Crippen molar-refractivity contribution < 1.29 is 4.74 Å². The number of nitrogens with zero attached hydrogens (tertiary/aromatic N) is 3. The smallest absolute Gasteiger partial charge is 0.168 e. The number of hydrogen-bond donors (Lipinski definition) is 0. The molecule has 0 atom stereocenters. The van der Waals surface area contributed by atoms with Crippen LogP contribution in [0.4, 0.5) is 0 Å². The Morgan fingerprint density at radius 1 is 0.704 bits per heavy atom. The van der Waals surface area contributed by atoms with Crippen LogP contribution in [-0.2, 0) is 0 Å². The molecule has 3 aromatic carbocycles. The summed E-state index contributed by atoms with van der Waals surface area (Å²) in [5, 5.41) is 8.76. The van der Waals surface area contributed by atoms with Crippen molar-refractivity contribution in [3.8, 4) is 34.0 Å². The highest BCUT2D eigenvalue weighted by Gasteiger charge is 2.18. The summed E-state index contributed by atoms with van der Waals surface area (Å²) in [4.78, 5) is 0. The van der Waals surface area contributed by atoms with Crippen LogP contribution in [-0.4, -0.2) is 21.9 Å². The van der Waals surface area contributed by atoms with Crippen LogP contribution in [0.3, 0.4) is 0 Å². The molecule has 0 aliphatic carbocycles. The summed E-state index contributed by atoms with van der Waals surface area (Å²) in [6.07, 6.45) is 0. The summed E-state index contributed by atoms with van der Waals surface area (Å²) < 4.78 is 7.66. The van der Waals surface area contributed by atoms with Crippen LogP contribution in [0.15, 0.2) is 72.8 Å². The molecule has 4 heteroatoms. The van der Waals surface area contributed by atoms with Crippen LogP contribution >= 0.6 is 0 Å². The predicted octanol–water partition coefficient (Wildman–Crippen LogP) is 5.23. The molecule has 0 spiro atoms. The van der Waals surface area contributed by atoms with E-state index < -0.39 is 0 Å². The van der Waals surface area contributed by atoms with Crippen LogP contribution in [0.5, 0.6) is 5.75 Å². The van der Waals surface area contributed by atoms with Crippen molar-refractivity contribution in [1.82, 2.24) is 14.8 Å². The van der Waals surface area contributed by atoms with E-state index in [1.165, 1.54) is 11.1 Å². The molecule has 0 saturated carbocycles. The monoisotopic (exact) mass is 355 g/mol. The lowest BCUT2D eigenvalue weighted by molar-refractivity contribution is 0.412. The number of aromatic nitrogens is 3. The molecule has 27 heavy (non-hydrogen) atoms. The summed E-state index contributed by atoms with van der Waals surface area (Å²) in [5.74, 6) is 2.43. The second-order valence-electron chi connectivity index (χ2n) is 6.48. The number of rotatable bonds is 4. The summed E-state index contributed by atoms with van der Waals surface area (Å²) in [6, 6.07) is 24.8. The van der Waals surface area contributed by atoms with Gasteiger partial charge >= 0.3 is 0 Å². The third-order valence-electron chi connectivity index (χ3n) is 4.72. The zero-order valence-corrected chi connectivity index (χ0v) is 15.7. The maximum absolute atomic E-state index is 5.60. The highest BCUT2D eigenvalue weighted by atomic mass is 16.5. The van der Waals surface area contributed by atoms with Crippen molar-refractivity contribution >= 4 is 0 Å². The first kappa shape index (κ1) is 17.0. The molecule has 1 heterocycles. The maximum Gasteiger partial charge on any atom is 0.168 e. The number of hydrogen-bond acceptors (Lipinski definition) is 3. The zero-order valence-electron chi connectivity index (χ0n) is 15.7. The topological polar surface area (TPSA) is 39.9 Å². The van der Waals surface area contributed by atoms with Gasteiger partial charge in [-0.1, -0.05) is 66.7 Å². The van der Waals surface area contributed by atoms with Crippen LogP contribution in [0, 0.1) is 13.8 Å². The van der Waals surface area contributed by atoms with Crippen molar-refractivity contribution in [2.24, 2.45) is 0 Å². The molecule has 0 aliphatic rings. The molecule has 0 saturated heterocycles. The van der Waals surface area contributed by atoms with Gasteiger partial charge in [0.1, 0.15) is 11.6 Å². The molecule has 0 unspecified atom stereocenters. The van der Waals surface area contributed by atoms with Crippen molar-refractivity contribution in [1.29, 1.82) is 0 Å². The molecule has 0 aliphatic heterocycles. The molecule has 4 nitrogen and oxygen atoms in total. The second-order valence-corrected chi connectivity index (χ2v) is 6.48. The van der Waals surface area contributed by atoms with E-state index in [0.29, 0.717) is 0 Å². The Balaban J connectivity index is 1.81. The SMILES string of the molecule is COc1cccc(C)c1-n1c(C)nnc1-c1ccc(-c2ccccc2)cc1. The highest BCUT2D eigenvalue weighted by molar-refractivity contribution is 5.69. The van der Waals surface area contributed by atoms with Gasteiger partial charge in [0, 0.05) is 5.56 Å². The Morgan fingerprint density at radius 3 is 2.07 bits per heavy atom. The van der Waals surface area contributed by atoms with Gasteiger partial charge in [-0.05, 0) is 36.6 Å². The standard InChI is InChI=1S/C23H21N3O/c1-16-8-7-11-21(27-3)22(16)26-17(2)24-25-23(26)20-14-12-19(13-15-20)18-9-5-4-6-10-18/h4-15H,1-3H3. The van der Waals surface area contributed by atoms with Gasteiger partial charge < -0.3 is 4.74 Å². The van der Waals surface area contributed by atoms with Gasteiger partial charge in [0.05, 0.1) is 12.8 Å². The summed E-state index contributed by atoms with van der Waals surface area (Å²) in [7, 11) is 1.69. The normalized spacial score (nSPS) is 10.8. The lowest BCUT2D eigenvalue weighted by atomic mass is 10.0. The van der Waals surface area contributed by atoms with Gasteiger partial charge in [0.15, 0.2) is 5.82 Å². The van der Waals surface area contributed by atoms with E-state index in [0.717, 1.165) is 34.2 Å². The Kier molecular flexibility index (Phi) is 4.47. The minimum absolute atomic E-state index is 0.805. The fourth-order valence-electron chi connectivity index (χ4n) is 3.34. The van der Waals surface area contributed by atoms with Crippen molar-refractivity contribution in [3.63, 3.8) is 0 Å². The Morgan fingerprint density at radius 2 is 1.37 bits per heavy atom. The van der Waals surface area contributed by atoms with Gasteiger partial charge in [-0.15, -0.1) is 10.2 Å². The summed E-state index contributed by atoms with van der Waals surface area (Å²) in [6.45, 7) is 4.03. The molecular formula is C23H21N3O. The Bertz CT molecular complexity index is 1070. The first-order chi connectivity index (χ1) is 13.2. The number of methoxy groups -OCH3 is 1. The van der Waals surface area contributed by atoms with E-state index in [9.17, 15) is 0 Å². The van der Waals surface area contributed by atoms with Crippen LogP contribution in [0.2, 0.25) is 0 Å². The molecule has 0 N–H and O–H groups in total. The maximum atomic E-state index is 5.60. The van der Waals surface area contributed by atoms with Gasteiger partial charge in [-0.3, -0.25) is 4.57 Å². The average molecular weight is 355 g/mol. The van der Waals surface area contributed by atoms with Gasteiger partial charge in [-0.2, -0.15) is 0 Å². The number of ether oxygens (including phenoxy) is 1. The molecule has 1 aromatic heterocycles. The highest BCUT2D eigenvalue weighted by Crippen LogP contribution is 2.32. The third-order valence-corrected chi connectivity index (χ3v) is 4.72. The zero-order chi connectivity index (χ0) is 18.8. The van der Waals surface area contributed by atoms with E-state index in [4.69, 9.17) is 4.74 Å². The molecule has 0 radical (unpaired) electrons. The fourth-order valence-corrected chi connectivity index (χ4v) is 3.34. The van der Waals surface area contributed by atoms with Crippen molar-refractivity contribution in [3.05, 3.63) is 84.2 Å². The van der Waals surface area contributed by atoms with Crippen molar-refractivity contribution in [2.75, 3.05) is 7.11 Å². The summed E-state index contributed by atoms with van der Waals surface area (Å²) in [5.41, 5.74) is 5.47. The number of benzene rings is 3. The first-order valence-electron chi connectivity index (χ1n) is 8.91. The van der Waals surface area contributed by atoms with Gasteiger partial charge in [0.25, 0.3) is 0 Å². The Labute approximate surface area is 159 Å². The summed E-state index contributed by atoms with van der Waals surface area (Å²) >= 11 is 0. The minimum atomic E-state index is 0.805. The van der Waals surface area contributed by atoms with Crippen LogP contribution in [0.1, 0.15) is 11.4 Å². The van der Waals surface area contributed by atoms with Crippen LogP contribution < -0.4 is 4.74 Å². The van der Waals surface area contributed by atoms with Gasteiger partial charge in [0.2, 0.25) is 0 Å². The van der Waals surface area contributed by atoms with E-state index >= 15 is 0 Å². The molecule has 0 fully saturated rings. The van der Waals surface area contributed by atoms with E-state index in [1.54, 1.807) is 7.11 Å². The molecular weight excluding hydrogens is 334 g/mol. The van der Waals surface area contributed by atoms with E-state index in [2.05, 4.69) is 64.2 Å². The lowest BCUT2D eigenvalue weighted by Gasteiger charge is -2.15. The van der Waals surface area contributed by atoms with Crippen LogP contribution in [0.25, 0.3) is 28.2 Å². The molecule has 134 valence electrons. The lowest BCUT2D eigenvalue weighted by Crippen LogP contribution is -2.04. The minimum Gasteiger partial charge on any atom is -0.495 e. The number of aryl methyl sites for hydroxylation is 2. The largest absolute Gasteiger partial charge is 0.495 e. The van der Waals surface area contributed by atoms with E-state index in [1.807, 2.05) is 37.3 Å². The predicted molar refractivity (Wildman–Crippen MR) is 108 cm³/mol. The van der Waals surface area contributed by atoms with Gasteiger partial charge in [-0.25, -0.2) is 0 Å². The first-order valence-corrected chi connectivity index (χ1v) is 8.91. The quantitative estimate of drug-likeness (QED) is 0.503. The van der Waals surface area contributed by atoms with Crippen molar-refractivity contribution in [2.45, 2.75) is 13.8 Å². The fraction of sp³-hybridized carbons (Fsp3) is 0.130. The molecule has 0 amide bonds.